The first kappa shape index (κ1) is 15.0. The van der Waals surface area contributed by atoms with Crippen molar-refractivity contribution in [1.29, 1.82) is 0 Å². The summed E-state index contributed by atoms with van der Waals surface area (Å²) in [5, 5.41) is 6.48. The van der Waals surface area contributed by atoms with Crippen LogP contribution in [0.2, 0.25) is 0 Å². The average molecular weight is 274 g/mol. The van der Waals surface area contributed by atoms with E-state index < -0.39 is 0 Å². The van der Waals surface area contributed by atoms with Gasteiger partial charge in [0, 0.05) is 24.7 Å². The minimum atomic E-state index is 0.0957. The number of benzene rings is 1. The molecule has 1 aromatic carbocycles. The van der Waals surface area contributed by atoms with Gasteiger partial charge in [0.05, 0.1) is 0 Å². The second-order valence-electron chi connectivity index (χ2n) is 5.96. The molecule has 0 aliphatic heterocycles. The molecule has 1 fully saturated rings. The lowest BCUT2D eigenvalue weighted by atomic mass is 9.95. The van der Waals surface area contributed by atoms with Crippen molar-refractivity contribution in [2.24, 2.45) is 0 Å². The molecule has 0 saturated heterocycles. The highest BCUT2D eigenvalue weighted by atomic mass is 16.1. The van der Waals surface area contributed by atoms with Crippen LogP contribution in [0.4, 0.5) is 5.69 Å². The van der Waals surface area contributed by atoms with Crippen molar-refractivity contribution < 1.29 is 4.79 Å². The molecule has 110 valence electrons. The minimum Gasteiger partial charge on any atom is -0.326 e. The van der Waals surface area contributed by atoms with E-state index in [1.165, 1.54) is 43.2 Å². The average Bonchev–Trinajstić information content (AvgIpc) is 2.38. The lowest BCUT2D eigenvalue weighted by Crippen LogP contribution is -2.33. The molecule has 1 amide bonds. The lowest BCUT2D eigenvalue weighted by Gasteiger charge is -2.22. The van der Waals surface area contributed by atoms with Crippen LogP contribution in [0.3, 0.4) is 0 Å². The molecule has 0 bridgehead atoms. The van der Waals surface area contributed by atoms with E-state index in [0.29, 0.717) is 12.5 Å². The van der Waals surface area contributed by atoms with E-state index in [1.807, 2.05) is 26.0 Å². The number of amides is 1. The zero-order valence-electron chi connectivity index (χ0n) is 12.7. The molecule has 0 unspecified atom stereocenters. The van der Waals surface area contributed by atoms with Crippen molar-refractivity contribution >= 4 is 11.6 Å². The van der Waals surface area contributed by atoms with Gasteiger partial charge in [-0.15, -0.1) is 0 Å². The van der Waals surface area contributed by atoms with E-state index in [4.69, 9.17) is 0 Å². The van der Waals surface area contributed by atoms with Crippen LogP contribution in [0.1, 0.15) is 49.7 Å². The third-order valence-corrected chi connectivity index (χ3v) is 3.90. The summed E-state index contributed by atoms with van der Waals surface area (Å²) in [6.07, 6.45) is 7.09. The predicted octanol–water partition coefficient (Wildman–Crippen LogP) is 3.55. The Bertz CT molecular complexity index is 430. The van der Waals surface area contributed by atoms with Gasteiger partial charge in [0.2, 0.25) is 5.91 Å². The van der Waals surface area contributed by atoms with Gasteiger partial charge in [-0.05, 0) is 49.9 Å². The lowest BCUT2D eigenvalue weighted by molar-refractivity contribution is -0.116. The number of anilines is 1. The predicted molar refractivity (Wildman–Crippen MR) is 84.0 cm³/mol. The highest BCUT2D eigenvalue weighted by molar-refractivity contribution is 5.91. The van der Waals surface area contributed by atoms with Crippen molar-refractivity contribution in [1.82, 2.24) is 5.32 Å². The molecule has 3 heteroatoms. The third-order valence-electron chi connectivity index (χ3n) is 3.90. The van der Waals surface area contributed by atoms with Gasteiger partial charge in [-0.3, -0.25) is 4.79 Å². The quantitative estimate of drug-likeness (QED) is 0.862. The van der Waals surface area contributed by atoms with Crippen LogP contribution in [0.15, 0.2) is 18.2 Å². The van der Waals surface area contributed by atoms with Gasteiger partial charge >= 0.3 is 0 Å². The molecule has 0 heterocycles. The van der Waals surface area contributed by atoms with Crippen LogP contribution in [-0.2, 0) is 4.79 Å². The van der Waals surface area contributed by atoms with Gasteiger partial charge in [0.1, 0.15) is 0 Å². The first-order valence-electron chi connectivity index (χ1n) is 7.75. The van der Waals surface area contributed by atoms with E-state index >= 15 is 0 Å². The van der Waals surface area contributed by atoms with Crippen molar-refractivity contribution in [2.45, 2.75) is 58.4 Å². The number of nitrogens with one attached hydrogen (secondary N) is 2. The van der Waals surface area contributed by atoms with Crippen molar-refractivity contribution in [3.8, 4) is 0 Å². The number of hydrogen-bond donors (Lipinski definition) is 2. The van der Waals surface area contributed by atoms with Gasteiger partial charge in [0.25, 0.3) is 0 Å². The zero-order valence-corrected chi connectivity index (χ0v) is 12.7. The summed E-state index contributed by atoms with van der Waals surface area (Å²) >= 11 is 0. The maximum Gasteiger partial charge on any atom is 0.225 e. The molecule has 1 saturated carbocycles. The number of aryl methyl sites for hydroxylation is 2. The summed E-state index contributed by atoms with van der Waals surface area (Å²) in [6, 6.07) is 6.76. The molecule has 3 nitrogen and oxygen atoms in total. The summed E-state index contributed by atoms with van der Waals surface area (Å²) in [7, 11) is 0. The van der Waals surface area contributed by atoms with Crippen LogP contribution in [-0.4, -0.2) is 18.5 Å². The van der Waals surface area contributed by atoms with Crippen molar-refractivity contribution in [3.63, 3.8) is 0 Å². The summed E-state index contributed by atoms with van der Waals surface area (Å²) in [4.78, 5) is 11.9. The first-order chi connectivity index (χ1) is 9.63. The Morgan fingerprint density at radius 1 is 1.10 bits per heavy atom. The van der Waals surface area contributed by atoms with Crippen molar-refractivity contribution in [2.75, 3.05) is 11.9 Å². The normalized spacial score (nSPS) is 16.1. The fourth-order valence-electron chi connectivity index (χ4n) is 2.97. The Morgan fingerprint density at radius 3 is 2.40 bits per heavy atom. The molecule has 0 radical (unpaired) electrons. The Hall–Kier alpha value is -1.35. The molecule has 0 spiro atoms. The second-order valence-corrected chi connectivity index (χ2v) is 5.96. The molecular formula is C17H26N2O. The SMILES string of the molecule is Cc1cc(C)cc(NC(=O)CCNC2CCCCC2)c1. The smallest absolute Gasteiger partial charge is 0.225 e. The summed E-state index contributed by atoms with van der Waals surface area (Å²) in [5.41, 5.74) is 3.27. The molecular weight excluding hydrogens is 248 g/mol. The number of rotatable bonds is 5. The van der Waals surface area contributed by atoms with Crippen LogP contribution in [0.5, 0.6) is 0 Å². The maximum absolute atomic E-state index is 11.9. The zero-order chi connectivity index (χ0) is 14.4. The van der Waals surface area contributed by atoms with Gasteiger partial charge in [0.15, 0.2) is 0 Å². The van der Waals surface area contributed by atoms with Crippen molar-refractivity contribution in [3.05, 3.63) is 29.3 Å². The van der Waals surface area contributed by atoms with E-state index in [0.717, 1.165) is 12.2 Å². The second kappa shape index (κ2) is 7.44. The molecule has 1 aliphatic rings. The van der Waals surface area contributed by atoms with E-state index in [9.17, 15) is 4.79 Å². The van der Waals surface area contributed by atoms with Gasteiger partial charge < -0.3 is 10.6 Å². The Labute approximate surface area is 122 Å². The maximum atomic E-state index is 11.9. The highest BCUT2D eigenvalue weighted by Crippen LogP contribution is 2.17. The molecule has 1 aliphatic carbocycles. The van der Waals surface area contributed by atoms with E-state index in [1.54, 1.807) is 0 Å². The van der Waals surface area contributed by atoms with Gasteiger partial charge in [-0.2, -0.15) is 0 Å². The van der Waals surface area contributed by atoms with Crippen LogP contribution >= 0.6 is 0 Å². The summed E-state index contributed by atoms with van der Waals surface area (Å²) in [6.45, 7) is 4.88. The van der Waals surface area contributed by atoms with Crippen LogP contribution < -0.4 is 10.6 Å². The molecule has 2 N–H and O–H groups in total. The van der Waals surface area contributed by atoms with Crippen LogP contribution in [0.25, 0.3) is 0 Å². The molecule has 2 rings (SSSR count). The van der Waals surface area contributed by atoms with Gasteiger partial charge in [-0.1, -0.05) is 25.3 Å². The molecule has 1 aromatic rings. The highest BCUT2D eigenvalue weighted by Gasteiger charge is 2.12. The molecule has 0 aromatic heterocycles. The summed E-state index contributed by atoms with van der Waals surface area (Å²) < 4.78 is 0. The Morgan fingerprint density at radius 2 is 1.75 bits per heavy atom. The van der Waals surface area contributed by atoms with Crippen LogP contribution in [0, 0.1) is 13.8 Å². The van der Waals surface area contributed by atoms with E-state index in [-0.39, 0.29) is 5.91 Å². The molecule has 20 heavy (non-hydrogen) atoms. The fraction of sp³-hybridized carbons (Fsp3) is 0.588. The largest absolute Gasteiger partial charge is 0.326 e. The van der Waals surface area contributed by atoms with E-state index in [2.05, 4.69) is 16.7 Å². The Balaban J connectivity index is 1.72. The monoisotopic (exact) mass is 274 g/mol. The standard InChI is InChI=1S/C17H26N2O/c1-13-10-14(2)12-16(11-13)19-17(20)8-9-18-15-6-4-3-5-7-15/h10-12,15,18H,3-9H2,1-2H3,(H,19,20). The minimum absolute atomic E-state index is 0.0957. The number of hydrogen-bond acceptors (Lipinski definition) is 2. The van der Waals surface area contributed by atoms with Gasteiger partial charge in [-0.25, -0.2) is 0 Å². The summed E-state index contributed by atoms with van der Waals surface area (Å²) in [5.74, 6) is 0.0957. The topological polar surface area (TPSA) is 41.1 Å². The third kappa shape index (κ3) is 4.97. The molecule has 0 atom stereocenters. The fourth-order valence-corrected chi connectivity index (χ4v) is 2.97. The Kier molecular flexibility index (Phi) is 5.60. The number of carbonyl (C=O) groups is 1. The first-order valence-corrected chi connectivity index (χ1v) is 7.75. The number of carbonyl (C=O) groups excluding carboxylic acids is 1.